The van der Waals surface area contributed by atoms with Crippen molar-refractivity contribution in [2.45, 2.75) is 57.9 Å². The Hall–Kier alpha value is -2.63. The fourth-order valence-corrected chi connectivity index (χ4v) is 4.66. The zero-order valence-electron chi connectivity index (χ0n) is 17.8. The lowest BCUT2D eigenvalue weighted by Crippen LogP contribution is -2.51. The van der Waals surface area contributed by atoms with Gasteiger partial charge >= 0.3 is 6.03 Å². The predicted molar refractivity (Wildman–Crippen MR) is 118 cm³/mol. The zero-order chi connectivity index (χ0) is 20.9. The highest BCUT2D eigenvalue weighted by Crippen LogP contribution is 2.29. The van der Waals surface area contributed by atoms with Gasteiger partial charge < -0.3 is 5.32 Å². The van der Waals surface area contributed by atoms with Crippen LogP contribution < -0.4 is 5.32 Å². The van der Waals surface area contributed by atoms with Gasteiger partial charge in [0.1, 0.15) is 5.84 Å². The number of carbonyl (C=O) groups excluding carboxylic acids is 2. The van der Waals surface area contributed by atoms with Crippen LogP contribution in [0.2, 0.25) is 0 Å². The summed E-state index contributed by atoms with van der Waals surface area (Å²) in [6.07, 6.45) is 9.46. The molecule has 1 aliphatic carbocycles. The lowest BCUT2D eigenvalue weighted by molar-refractivity contribution is -0.117. The minimum absolute atomic E-state index is 0.0247. The average Bonchev–Trinajstić information content (AvgIpc) is 3.19. The van der Waals surface area contributed by atoms with Gasteiger partial charge in [-0.2, -0.15) is 0 Å². The molecule has 1 aromatic carbocycles. The van der Waals surface area contributed by atoms with E-state index < -0.39 is 0 Å². The lowest BCUT2D eigenvalue weighted by Gasteiger charge is -2.35. The van der Waals surface area contributed by atoms with Gasteiger partial charge in [0.15, 0.2) is 0 Å². The molecular formula is C24H32N4O2. The molecule has 1 fully saturated rings. The van der Waals surface area contributed by atoms with Gasteiger partial charge in [-0.1, -0.05) is 56.5 Å². The first-order valence-corrected chi connectivity index (χ1v) is 11.4. The molecule has 0 radical (unpaired) electrons. The molecule has 0 spiro atoms. The standard InChI is InChI=1S/C24H32N4O2/c1-2-13-25-23(29)21-17-27(15-19-11-7-4-8-12-19)24(30)28-16-20(26-22(21)28)14-18-9-5-3-6-10-18/h3,5-6,9-10,17,19-20H,2,4,7-8,11-16H2,1H3,(H,25,29)/t20-/m1/s1. The van der Waals surface area contributed by atoms with Gasteiger partial charge in [-0.3, -0.25) is 19.6 Å². The molecule has 1 N–H and O–H groups in total. The number of nitrogens with zero attached hydrogens (tertiary/aromatic N) is 3. The summed E-state index contributed by atoms with van der Waals surface area (Å²) in [5.41, 5.74) is 1.72. The van der Waals surface area contributed by atoms with Crippen LogP contribution in [0.5, 0.6) is 0 Å². The lowest BCUT2D eigenvalue weighted by atomic mass is 9.89. The van der Waals surface area contributed by atoms with Crippen molar-refractivity contribution < 1.29 is 9.59 Å². The molecular weight excluding hydrogens is 376 g/mol. The molecule has 6 nitrogen and oxygen atoms in total. The van der Waals surface area contributed by atoms with Gasteiger partial charge in [0.25, 0.3) is 5.91 Å². The number of rotatable bonds is 7. The number of hydrogen-bond acceptors (Lipinski definition) is 3. The third kappa shape index (κ3) is 4.58. The Morgan fingerprint density at radius 3 is 2.67 bits per heavy atom. The van der Waals surface area contributed by atoms with Crippen molar-refractivity contribution in [1.82, 2.24) is 15.1 Å². The van der Waals surface area contributed by atoms with Crippen LogP contribution in [-0.2, 0) is 11.2 Å². The second kappa shape index (κ2) is 9.45. The summed E-state index contributed by atoms with van der Waals surface area (Å²) >= 11 is 0. The first-order valence-electron chi connectivity index (χ1n) is 11.4. The summed E-state index contributed by atoms with van der Waals surface area (Å²) in [5, 5.41) is 2.97. The van der Waals surface area contributed by atoms with Gasteiger partial charge in [-0.05, 0) is 37.2 Å². The van der Waals surface area contributed by atoms with E-state index in [1.807, 2.05) is 25.1 Å². The Labute approximate surface area is 179 Å². The number of carbonyl (C=O) groups is 2. The molecule has 2 heterocycles. The SMILES string of the molecule is CCCNC(=O)C1=CN(CC2CCCCC2)C(=O)N2C[C@@H](Cc3ccccc3)N=C12. The summed E-state index contributed by atoms with van der Waals surface area (Å²) in [6.45, 7) is 3.87. The third-order valence-corrected chi connectivity index (χ3v) is 6.23. The highest BCUT2D eigenvalue weighted by molar-refractivity contribution is 6.25. The number of amidine groups is 1. The average molecular weight is 409 g/mol. The van der Waals surface area contributed by atoms with E-state index >= 15 is 0 Å². The summed E-state index contributed by atoms with van der Waals surface area (Å²) in [7, 11) is 0. The number of amides is 3. The first kappa shape index (κ1) is 20.6. The molecule has 0 unspecified atom stereocenters. The van der Waals surface area contributed by atoms with E-state index in [2.05, 4.69) is 17.4 Å². The zero-order valence-corrected chi connectivity index (χ0v) is 17.8. The minimum Gasteiger partial charge on any atom is -0.352 e. The Bertz CT molecular complexity index is 827. The number of hydrogen-bond donors (Lipinski definition) is 1. The summed E-state index contributed by atoms with van der Waals surface area (Å²) < 4.78 is 0. The van der Waals surface area contributed by atoms with Crippen molar-refractivity contribution in [2.75, 3.05) is 19.6 Å². The second-order valence-electron chi connectivity index (χ2n) is 8.64. The smallest absolute Gasteiger partial charge is 0.329 e. The maximum absolute atomic E-state index is 13.3. The van der Waals surface area contributed by atoms with E-state index in [1.54, 1.807) is 16.0 Å². The van der Waals surface area contributed by atoms with E-state index in [1.165, 1.54) is 24.8 Å². The monoisotopic (exact) mass is 408 g/mol. The summed E-state index contributed by atoms with van der Waals surface area (Å²) in [5.74, 6) is 0.914. The van der Waals surface area contributed by atoms with Gasteiger partial charge in [-0.25, -0.2) is 4.79 Å². The number of urea groups is 1. The Kier molecular flexibility index (Phi) is 6.50. The Morgan fingerprint density at radius 1 is 1.17 bits per heavy atom. The van der Waals surface area contributed by atoms with Gasteiger partial charge in [0, 0.05) is 19.3 Å². The molecule has 3 amide bonds. The number of nitrogens with one attached hydrogen (secondary N) is 1. The maximum atomic E-state index is 13.3. The molecule has 160 valence electrons. The quantitative estimate of drug-likeness (QED) is 0.747. The van der Waals surface area contributed by atoms with Crippen molar-refractivity contribution in [3.8, 4) is 0 Å². The number of aliphatic imine (C=N–C) groups is 1. The van der Waals surface area contributed by atoms with Crippen molar-refractivity contribution in [2.24, 2.45) is 10.9 Å². The second-order valence-corrected chi connectivity index (χ2v) is 8.64. The number of fused-ring (bicyclic) bond motifs is 1. The van der Waals surface area contributed by atoms with Gasteiger partial charge in [-0.15, -0.1) is 0 Å². The van der Waals surface area contributed by atoms with Crippen LogP contribution in [-0.4, -0.2) is 53.2 Å². The summed E-state index contributed by atoms with van der Waals surface area (Å²) in [6, 6.07) is 10.1. The number of benzene rings is 1. The molecule has 1 saturated carbocycles. The van der Waals surface area contributed by atoms with Crippen LogP contribution in [0.3, 0.4) is 0 Å². The molecule has 30 heavy (non-hydrogen) atoms. The van der Waals surface area contributed by atoms with Crippen molar-refractivity contribution >= 4 is 17.8 Å². The Balaban J connectivity index is 1.55. The molecule has 0 saturated heterocycles. The Morgan fingerprint density at radius 2 is 1.93 bits per heavy atom. The molecule has 0 bridgehead atoms. The van der Waals surface area contributed by atoms with E-state index in [0.29, 0.717) is 37.0 Å². The molecule has 0 aromatic heterocycles. The normalized spacial score (nSPS) is 21.9. The maximum Gasteiger partial charge on any atom is 0.329 e. The predicted octanol–water partition coefficient (Wildman–Crippen LogP) is 3.74. The fraction of sp³-hybridized carbons (Fsp3) is 0.542. The fourth-order valence-electron chi connectivity index (χ4n) is 4.66. The molecule has 2 aliphatic heterocycles. The van der Waals surface area contributed by atoms with Crippen molar-refractivity contribution in [3.05, 3.63) is 47.7 Å². The van der Waals surface area contributed by atoms with Crippen molar-refractivity contribution in [1.29, 1.82) is 0 Å². The van der Waals surface area contributed by atoms with E-state index in [-0.39, 0.29) is 18.0 Å². The molecule has 3 aliphatic rings. The third-order valence-electron chi connectivity index (χ3n) is 6.23. The largest absolute Gasteiger partial charge is 0.352 e. The molecule has 1 atom stereocenters. The van der Waals surface area contributed by atoms with E-state index in [4.69, 9.17) is 4.99 Å². The van der Waals surface area contributed by atoms with Crippen LogP contribution >= 0.6 is 0 Å². The minimum atomic E-state index is -0.137. The van der Waals surface area contributed by atoms with Gasteiger partial charge in [0.2, 0.25) is 0 Å². The molecule has 6 heteroatoms. The highest BCUT2D eigenvalue weighted by atomic mass is 16.2. The van der Waals surface area contributed by atoms with Crippen LogP contribution in [0.4, 0.5) is 4.79 Å². The van der Waals surface area contributed by atoms with Crippen LogP contribution in [0, 0.1) is 5.92 Å². The highest BCUT2D eigenvalue weighted by Gasteiger charge is 2.40. The topological polar surface area (TPSA) is 65.0 Å². The summed E-state index contributed by atoms with van der Waals surface area (Å²) in [4.78, 5) is 34.4. The molecule has 1 aromatic rings. The van der Waals surface area contributed by atoms with Gasteiger partial charge in [0.05, 0.1) is 18.2 Å². The van der Waals surface area contributed by atoms with Crippen LogP contribution in [0.15, 0.2) is 47.1 Å². The first-order chi connectivity index (χ1) is 14.7. The van der Waals surface area contributed by atoms with Crippen LogP contribution in [0.25, 0.3) is 0 Å². The van der Waals surface area contributed by atoms with Crippen LogP contribution in [0.1, 0.15) is 51.0 Å². The van der Waals surface area contributed by atoms with E-state index in [0.717, 1.165) is 25.7 Å². The molecule has 4 rings (SSSR count). The van der Waals surface area contributed by atoms with E-state index in [9.17, 15) is 9.59 Å². The van der Waals surface area contributed by atoms with Crippen molar-refractivity contribution in [3.63, 3.8) is 0 Å².